The first kappa shape index (κ1) is 23.5. The lowest BCUT2D eigenvalue weighted by Gasteiger charge is -2.25. The molecule has 1 N–H and O–H groups in total. The zero-order valence-corrected chi connectivity index (χ0v) is 20.3. The smallest absolute Gasteiger partial charge is 0.264 e. The second kappa shape index (κ2) is 10.1. The Morgan fingerprint density at radius 1 is 1.03 bits per heavy atom. The minimum atomic E-state index is -4.04. The molecule has 4 rings (SSSR count). The average molecular weight is 494 g/mol. The number of sulfonamides is 1. The van der Waals surface area contributed by atoms with Crippen molar-refractivity contribution in [3.8, 4) is 17.0 Å². The summed E-state index contributed by atoms with van der Waals surface area (Å²) in [5.74, 6) is -0.146. The second-order valence-corrected chi connectivity index (χ2v) is 10.3. The van der Waals surface area contributed by atoms with Gasteiger partial charge in [0.2, 0.25) is 5.91 Å². The molecule has 7 nitrogen and oxygen atoms in total. The van der Waals surface area contributed by atoms with Crippen LogP contribution in [0.2, 0.25) is 0 Å². The minimum absolute atomic E-state index is 0.0783. The molecule has 174 valence electrons. The molecule has 0 unspecified atom stereocenters. The van der Waals surface area contributed by atoms with Gasteiger partial charge in [-0.1, -0.05) is 42.5 Å². The molecule has 0 aliphatic heterocycles. The van der Waals surface area contributed by atoms with Gasteiger partial charge in [0.05, 0.1) is 28.4 Å². The van der Waals surface area contributed by atoms with Crippen molar-refractivity contribution in [2.45, 2.75) is 11.8 Å². The van der Waals surface area contributed by atoms with E-state index in [2.05, 4.69) is 10.3 Å². The van der Waals surface area contributed by atoms with Crippen molar-refractivity contribution in [3.05, 3.63) is 89.3 Å². The summed E-state index contributed by atoms with van der Waals surface area (Å²) >= 11 is 1.55. The number of rotatable bonds is 8. The van der Waals surface area contributed by atoms with Crippen molar-refractivity contribution in [2.75, 3.05) is 23.3 Å². The standard InChI is InChI=1S/C25H23N3O4S2/c1-18-26-22(17-33-18)19-9-8-10-20(15-19)27-25(29)16-28(23-13-6-7-14-24(23)32-2)34(30,31)21-11-4-3-5-12-21/h3-15,17H,16H2,1-2H3,(H,27,29). The monoisotopic (exact) mass is 493 g/mol. The molecule has 1 amide bonds. The second-order valence-electron chi connectivity index (χ2n) is 7.38. The lowest BCUT2D eigenvalue weighted by Crippen LogP contribution is -2.38. The van der Waals surface area contributed by atoms with Gasteiger partial charge in [0.15, 0.2) is 0 Å². The minimum Gasteiger partial charge on any atom is -0.495 e. The van der Waals surface area contributed by atoms with Crippen LogP contribution in [0.4, 0.5) is 11.4 Å². The fourth-order valence-electron chi connectivity index (χ4n) is 3.44. The highest BCUT2D eigenvalue weighted by Crippen LogP contribution is 2.32. The number of amides is 1. The van der Waals surface area contributed by atoms with Gasteiger partial charge < -0.3 is 10.1 Å². The van der Waals surface area contributed by atoms with Crippen LogP contribution in [0.25, 0.3) is 11.3 Å². The van der Waals surface area contributed by atoms with Gasteiger partial charge in [-0.25, -0.2) is 13.4 Å². The molecule has 0 aliphatic carbocycles. The Kier molecular flexibility index (Phi) is 6.95. The van der Waals surface area contributed by atoms with Gasteiger partial charge in [-0.15, -0.1) is 11.3 Å². The molecule has 0 saturated heterocycles. The van der Waals surface area contributed by atoms with E-state index in [1.807, 2.05) is 30.5 Å². The number of ether oxygens (including phenoxy) is 1. The fourth-order valence-corrected chi connectivity index (χ4v) is 5.51. The van der Waals surface area contributed by atoms with Gasteiger partial charge in [0, 0.05) is 16.6 Å². The largest absolute Gasteiger partial charge is 0.495 e. The Hall–Kier alpha value is -3.69. The number of nitrogens with one attached hydrogen (secondary N) is 1. The quantitative estimate of drug-likeness (QED) is 0.375. The fraction of sp³-hybridized carbons (Fsp3) is 0.120. The van der Waals surface area contributed by atoms with Crippen molar-refractivity contribution in [1.82, 2.24) is 4.98 Å². The van der Waals surface area contributed by atoms with E-state index < -0.39 is 22.5 Å². The number of hydrogen-bond donors (Lipinski definition) is 1. The molecule has 0 radical (unpaired) electrons. The Morgan fingerprint density at radius 3 is 2.47 bits per heavy atom. The Bertz CT molecular complexity index is 1400. The summed E-state index contributed by atoms with van der Waals surface area (Å²) in [7, 11) is -2.58. The van der Waals surface area contributed by atoms with Gasteiger partial charge in [0.1, 0.15) is 12.3 Å². The van der Waals surface area contributed by atoms with Crippen LogP contribution in [-0.2, 0) is 14.8 Å². The number of aromatic nitrogens is 1. The molecule has 9 heteroatoms. The summed E-state index contributed by atoms with van der Waals surface area (Å²) in [6.07, 6.45) is 0. The molecule has 0 aliphatic rings. The van der Waals surface area contributed by atoms with E-state index in [4.69, 9.17) is 4.74 Å². The molecule has 3 aromatic carbocycles. The lowest BCUT2D eigenvalue weighted by molar-refractivity contribution is -0.114. The summed E-state index contributed by atoms with van der Waals surface area (Å²) in [5, 5.41) is 5.71. The molecule has 1 aromatic heterocycles. The summed E-state index contributed by atoms with van der Waals surface area (Å²) in [4.78, 5) is 17.6. The maximum absolute atomic E-state index is 13.5. The average Bonchev–Trinajstić information content (AvgIpc) is 3.29. The Balaban J connectivity index is 1.64. The number of carbonyl (C=O) groups is 1. The molecule has 0 spiro atoms. The highest BCUT2D eigenvalue weighted by molar-refractivity contribution is 7.92. The number of para-hydroxylation sites is 2. The topological polar surface area (TPSA) is 88.6 Å². The van der Waals surface area contributed by atoms with Crippen LogP contribution in [0, 0.1) is 6.92 Å². The van der Waals surface area contributed by atoms with E-state index >= 15 is 0 Å². The molecule has 0 saturated carbocycles. The Labute approximate surface area is 202 Å². The zero-order chi connectivity index (χ0) is 24.1. The molecular formula is C25H23N3O4S2. The van der Waals surface area contributed by atoms with Crippen molar-refractivity contribution in [2.24, 2.45) is 0 Å². The molecule has 34 heavy (non-hydrogen) atoms. The van der Waals surface area contributed by atoms with Crippen LogP contribution in [0.1, 0.15) is 5.01 Å². The van der Waals surface area contributed by atoms with Crippen molar-refractivity contribution < 1.29 is 17.9 Å². The van der Waals surface area contributed by atoms with E-state index in [0.717, 1.165) is 20.6 Å². The predicted octanol–water partition coefficient (Wildman–Crippen LogP) is 4.96. The van der Waals surface area contributed by atoms with E-state index in [1.54, 1.807) is 59.9 Å². The van der Waals surface area contributed by atoms with E-state index in [1.165, 1.54) is 19.2 Å². The summed E-state index contributed by atoms with van der Waals surface area (Å²) < 4.78 is 33.5. The molecule has 0 fully saturated rings. The summed E-state index contributed by atoms with van der Waals surface area (Å²) in [5.41, 5.74) is 2.50. The first-order valence-electron chi connectivity index (χ1n) is 10.4. The SMILES string of the molecule is COc1ccccc1N(CC(=O)Nc1cccc(-c2csc(C)n2)c1)S(=O)(=O)c1ccccc1. The van der Waals surface area contributed by atoms with Crippen molar-refractivity contribution in [3.63, 3.8) is 0 Å². The number of methoxy groups -OCH3 is 1. The highest BCUT2D eigenvalue weighted by Gasteiger charge is 2.29. The molecule has 0 bridgehead atoms. The maximum atomic E-state index is 13.5. The van der Waals surface area contributed by atoms with E-state index in [9.17, 15) is 13.2 Å². The number of thiazole rings is 1. The first-order chi connectivity index (χ1) is 16.4. The van der Waals surface area contributed by atoms with Gasteiger partial charge in [0.25, 0.3) is 10.0 Å². The van der Waals surface area contributed by atoms with Gasteiger partial charge >= 0.3 is 0 Å². The third kappa shape index (κ3) is 5.11. The molecular weight excluding hydrogens is 470 g/mol. The third-order valence-corrected chi connectivity index (χ3v) is 7.58. The van der Waals surface area contributed by atoms with Crippen molar-refractivity contribution in [1.29, 1.82) is 0 Å². The zero-order valence-electron chi connectivity index (χ0n) is 18.6. The number of carbonyl (C=O) groups excluding carboxylic acids is 1. The molecule has 0 atom stereocenters. The van der Waals surface area contributed by atoms with Crippen LogP contribution < -0.4 is 14.4 Å². The van der Waals surface area contributed by atoms with Crippen LogP contribution in [0.15, 0.2) is 89.1 Å². The number of hydrogen-bond acceptors (Lipinski definition) is 6. The molecule has 1 heterocycles. The Morgan fingerprint density at radius 2 is 1.76 bits per heavy atom. The molecule has 4 aromatic rings. The van der Waals surface area contributed by atoms with Crippen LogP contribution in [0.5, 0.6) is 5.75 Å². The number of anilines is 2. The van der Waals surface area contributed by atoms with E-state index in [0.29, 0.717) is 11.4 Å². The number of nitrogens with zero attached hydrogens (tertiary/aromatic N) is 2. The summed E-state index contributed by atoms with van der Waals surface area (Å²) in [6, 6.07) is 22.0. The highest BCUT2D eigenvalue weighted by atomic mass is 32.2. The van der Waals surface area contributed by atoms with Crippen LogP contribution in [-0.4, -0.2) is 33.0 Å². The van der Waals surface area contributed by atoms with Crippen molar-refractivity contribution >= 4 is 38.6 Å². The van der Waals surface area contributed by atoms with Crippen LogP contribution in [0.3, 0.4) is 0 Å². The summed E-state index contributed by atoms with van der Waals surface area (Å²) in [6.45, 7) is 1.50. The van der Waals surface area contributed by atoms with Gasteiger partial charge in [-0.2, -0.15) is 0 Å². The number of aryl methyl sites for hydroxylation is 1. The van der Waals surface area contributed by atoms with Gasteiger partial charge in [-0.05, 0) is 43.3 Å². The van der Waals surface area contributed by atoms with E-state index in [-0.39, 0.29) is 10.6 Å². The first-order valence-corrected chi connectivity index (χ1v) is 12.7. The van der Waals surface area contributed by atoms with Crippen LogP contribution >= 0.6 is 11.3 Å². The predicted molar refractivity (Wildman–Crippen MR) is 135 cm³/mol. The third-order valence-electron chi connectivity index (χ3n) is 5.03. The lowest BCUT2D eigenvalue weighted by atomic mass is 10.1. The van der Waals surface area contributed by atoms with Gasteiger partial charge in [-0.3, -0.25) is 9.10 Å². The normalized spacial score (nSPS) is 11.1. The number of benzene rings is 3. The maximum Gasteiger partial charge on any atom is 0.264 e.